The van der Waals surface area contributed by atoms with Crippen LogP contribution in [-0.4, -0.2) is 42.9 Å². The highest BCUT2D eigenvalue weighted by molar-refractivity contribution is 14.0. The average molecular weight is 550 g/mol. The minimum atomic E-state index is -4.40. The van der Waals surface area contributed by atoms with Crippen LogP contribution in [0.5, 0.6) is 0 Å². The molecule has 31 heavy (non-hydrogen) atoms. The molecule has 2 N–H and O–H groups in total. The zero-order valence-corrected chi connectivity index (χ0v) is 19.3. The maximum atomic E-state index is 12.9. The topological polar surface area (TPSA) is 69.9 Å². The Labute approximate surface area is 196 Å². The molecule has 1 aromatic carbocycles. The van der Waals surface area contributed by atoms with Gasteiger partial charge in [0.05, 0.1) is 24.9 Å². The van der Waals surface area contributed by atoms with Gasteiger partial charge in [-0.3, -0.25) is 4.79 Å². The zero-order valence-electron chi connectivity index (χ0n) is 17.0. The second kappa shape index (κ2) is 12.0. The smallest absolute Gasteiger partial charge is 0.416 e. The first kappa shape index (κ1) is 25.0. The third-order valence-corrected chi connectivity index (χ3v) is 4.78. The van der Waals surface area contributed by atoms with Crippen LogP contribution in [0.3, 0.4) is 0 Å². The molecule has 1 saturated heterocycles. The maximum Gasteiger partial charge on any atom is 0.416 e. The summed E-state index contributed by atoms with van der Waals surface area (Å²) >= 11 is 0. The SMILES string of the molecule is I.O=C(CNC(=NCc1cccc(C(F)(F)F)c1)NCCc1ccco1)N1CCCC1. The molecule has 2 heterocycles. The summed E-state index contributed by atoms with van der Waals surface area (Å²) in [6.45, 7) is 2.14. The summed E-state index contributed by atoms with van der Waals surface area (Å²) in [6.07, 6.45) is -0.195. The number of nitrogens with zero attached hydrogens (tertiary/aromatic N) is 2. The molecule has 0 radical (unpaired) electrons. The van der Waals surface area contributed by atoms with Gasteiger partial charge in [0.15, 0.2) is 5.96 Å². The van der Waals surface area contributed by atoms with E-state index in [4.69, 9.17) is 4.42 Å². The molecule has 0 atom stereocenters. The summed E-state index contributed by atoms with van der Waals surface area (Å²) in [5.41, 5.74) is -0.275. The summed E-state index contributed by atoms with van der Waals surface area (Å²) in [4.78, 5) is 18.4. The molecule has 6 nitrogen and oxygen atoms in total. The van der Waals surface area contributed by atoms with Crippen LogP contribution in [0.4, 0.5) is 13.2 Å². The third kappa shape index (κ3) is 8.08. The van der Waals surface area contributed by atoms with E-state index >= 15 is 0 Å². The van der Waals surface area contributed by atoms with Gasteiger partial charge < -0.3 is 20.0 Å². The van der Waals surface area contributed by atoms with E-state index in [1.54, 1.807) is 23.3 Å². The van der Waals surface area contributed by atoms with Gasteiger partial charge in [-0.05, 0) is 42.7 Å². The van der Waals surface area contributed by atoms with Gasteiger partial charge in [0.25, 0.3) is 0 Å². The number of hydrogen-bond acceptors (Lipinski definition) is 3. The van der Waals surface area contributed by atoms with Crippen molar-refractivity contribution < 1.29 is 22.4 Å². The van der Waals surface area contributed by atoms with Gasteiger partial charge in [0, 0.05) is 26.1 Å². The molecule has 1 amide bonds. The minimum absolute atomic E-state index is 0. The lowest BCUT2D eigenvalue weighted by Gasteiger charge is -2.17. The Hall–Kier alpha value is -2.24. The highest BCUT2D eigenvalue weighted by Crippen LogP contribution is 2.29. The van der Waals surface area contributed by atoms with Gasteiger partial charge in [0.2, 0.25) is 5.91 Å². The van der Waals surface area contributed by atoms with E-state index in [1.165, 1.54) is 6.07 Å². The number of rotatable bonds is 7. The molecule has 2 aromatic rings. The standard InChI is InChI=1S/C21H25F3N4O2.HI/c22-21(23,24)17-6-3-5-16(13-17)14-26-20(25-9-8-18-7-4-12-30-18)27-15-19(29)28-10-1-2-11-28;/h3-7,12-13H,1-2,8-11,14-15H2,(H2,25,26,27);1H. The number of furan rings is 1. The summed E-state index contributed by atoms with van der Waals surface area (Å²) in [6, 6.07) is 8.72. The van der Waals surface area contributed by atoms with Crippen molar-refractivity contribution in [3.05, 3.63) is 59.5 Å². The number of nitrogens with one attached hydrogen (secondary N) is 2. The molecule has 1 fully saturated rings. The number of carbonyl (C=O) groups is 1. The Bertz CT molecular complexity index is 851. The second-order valence-corrected chi connectivity index (χ2v) is 7.06. The summed E-state index contributed by atoms with van der Waals surface area (Å²) < 4.78 is 44.0. The predicted octanol–water partition coefficient (Wildman–Crippen LogP) is 3.82. The highest BCUT2D eigenvalue weighted by Gasteiger charge is 2.30. The van der Waals surface area contributed by atoms with Crippen LogP contribution in [-0.2, 0) is 23.9 Å². The average Bonchev–Trinajstić information content (AvgIpc) is 3.43. The fraction of sp³-hybridized carbons (Fsp3) is 0.429. The van der Waals surface area contributed by atoms with Gasteiger partial charge in [-0.15, -0.1) is 24.0 Å². The number of hydrogen-bond donors (Lipinski definition) is 2. The van der Waals surface area contributed by atoms with Crippen LogP contribution >= 0.6 is 24.0 Å². The van der Waals surface area contributed by atoms with Crippen LogP contribution in [0.15, 0.2) is 52.1 Å². The lowest BCUT2D eigenvalue weighted by atomic mass is 10.1. The van der Waals surface area contributed by atoms with Crippen molar-refractivity contribution in [1.82, 2.24) is 15.5 Å². The first-order chi connectivity index (χ1) is 14.4. The number of aliphatic imine (C=N–C) groups is 1. The second-order valence-electron chi connectivity index (χ2n) is 7.06. The van der Waals surface area contributed by atoms with Gasteiger partial charge in [0.1, 0.15) is 5.76 Å². The summed E-state index contributed by atoms with van der Waals surface area (Å²) in [5, 5.41) is 6.09. The Balaban J connectivity index is 0.00000341. The summed E-state index contributed by atoms with van der Waals surface area (Å²) in [7, 11) is 0. The Morgan fingerprint density at radius 1 is 1.13 bits per heavy atom. The fourth-order valence-electron chi connectivity index (χ4n) is 3.19. The number of carbonyl (C=O) groups excluding carboxylic acids is 1. The van der Waals surface area contributed by atoms with Gasteiger partial charge in [-0.25, -0.2) is 4.99 Å². The molecule has 0 bridgehead atoms. The normalized spacial score (nSPS) is 14.3. The molecule has 0 saturated carbocycles. The number of halogens is 4. The van der Waals surface area contributed by atoms with Crippen LogP contribution < -0.4 is 10.6 Å². The molecule has 1 aliphatic rings. The lowest BCUT2D eigenvalue weighted by molar-refractivity contribution is -0.137. The quantitative estimate of drug-likeness (QED) is 0.313. The summed E-state index contributed by atoms with van der Waals surface area (Å²) in [5.74, 6) is 1.14. The maximum absolute atomic E-state index is 12.9. The van der Waals surface area contributed by atoms with Crippen molar-refractivity contribution >= 4 is 35.8 Å². The molecular weight excluding hydrogens is 524 g/mol. The number of benzene rings is 1. The van der Waals surface area contributed by atoms with Crippen LogP contribution in [0.25, 0.3) is 0 Å². The van der Waals surface area contributed by atoms with E-state index in [-0.39, 0.29) is 43.0 Å². The van der Waals surface area contributed by atoms with Gasteiger partial charge >= 0.3 is 6.18 Å². The predicted molar refractivity (Wildman–Crippen MR) is 122 cm³/mol. The lowest BCUT2D eigenvalue weighted by Crippen LogP contribution is -2.44. The third-order valence-electron chi connectivity index (χ3n) is 4.78. The van der Waals surface area contributed by atoms with Crippen molar-refractivity contribution in [3.8, 4) is 0 Å². The Morgan fingerprint density at radius 2 is 1.90 bits per heavy atom. The highest BCUT2D eigenvalue weighted by atomic mass is 127. The first-order valence-corrected chi connectivity index (χ1v) is 9.90. The van der Waals surface area contributed by atoms with E-state index < -0.39 is 11.7 Å². The van der Waals surface area contributed by atoms with Gasteiger partial charge in [-0.2, -0.15) is 13.2 Å². The van der Waals surface area contributed by atoms with Crippen LogP contribution in [0, 0.1) is 0 Å². The molecule has 0 spiro atoms. The monoisotopic (exact) mass is 550 g/mol. The molecule has 1 aromatic heterocycles. The number of likely N-dealkylation sites (tertiary alicyclic amines) is 1. The molecular formula is C21H26F3IN4O2. The molecule has 1 aliphatic heterocycles. The molecule has 0 unspecified atom stereocenters. The van der Waals surface area contributed by atoms with Crippen LogP contribution in [0.1, 0.15) is 29.7 Å². The largest absolute Gasteiger partial charge is 0.469 e. The number of guanidine groups is 1. The number of alkyl halides is 3. The van der Waals surface area contributed by atoms with E-state index in [9.17, 15) is 18.0 Å². The molecule has 170 valence electrons. The number of amides is 1. The minimum Gasteiger partial charge on any atom is -0.469 e. The van der Waals surface area contributed by atoms with Crippen molar-refractivity contribution in [3.63, 3.8) is 0 Å². The molecule has 0 aliphatic carbocycles. The first-order valence-electron chi connectivity index (χ1n) is 9.90. The van der Waals surface area contributed by atoms with Gasteiger partial charge in [-0.1, -0.05) is 12.1 Å². The van der Waals surface area contributed by atoms with E-state index in [1.807, 2.05) is 6.07 Å². The molecule has 10 heteroatoms. The fourth-order valence-corrected chi connectivity index (χ4v) is 3.19. The Kier molecular flexibility index (Phi) is 9.66. The van der Waals surface area contributed by atoms with E-state index in [0.717, 1.165) is 43.8 Å². The van der Waals surface area contributed by atoms with Crippen molar-refractivity contribution in [2.45, 2.75) is 32.0 Å². The van der Waals surface area contributed by atoms with E-state index in [0.29, 0.717) is 24.5 Å². The zero-order chi connectivity index (χ0) is 21.4. The molecule has 3 rings (SSSR count). The van der Waals surface area contributed by atoms with Crippen LogP contribution in [0.2, 0.25) is 0 Å². The van der Waals surface area contributed by atoms with Crippen molar-refractivity contribution in [2.24, 2.45) is 4.99 Å². The Morgan fingerprint density at radius 3 is 2.58 bits per heavy atom. The van der Waals surface area contributed by atoms with Crippen molar-refractivity contribution in [1.29, 1.82) is 0 Å². The van der Waals surface area contributed by atoms with Crippen molar-refractivity contribution in [2.75, 3.05) is 26.2 Å². The van der Waals surface area contributed by atoms with E-state index in [2.05, 4.69) is 15.6 Å².